The zero-order valence-electron chi connectivity index (χ0n) is 14.7. The summed E-state index contributed by atoms with van der Waals surface area (Å²) in [4.78, 5) is 38.2. The molecule has 2 amide bonds. The summed E-state index contributed by atoms with van der Waals surface area (Å²) in [7, 11) is -2.78. The molecule has 11 heteroatoms. The van der Waals surface area contributed by atoms with Crippen LogP contribution in [-0.2, 0) is 14.8 Å². The number of nitrogens with one attached hydrogen (secondary N) is 2. The minimum Gasteiger partial charge on any atom is -0.477 e. The number of carboxylic acids is 1. The number of methoxy groups -OCH3 is 1. The summed E-state index contributed by atoms with van der Waals surface area (Å²) in [6, 6.07) is 7.37. The summed E-state index contributed by atoms with van der Waals surface area (Å²) in [6.45, 7) is 0.552. The molecule has 0 aliphatic heterocycles. The Labute approximate surface area is 160 Å². The van der Waals surface area contributed by atoms with Crippen molar-refractivity contribution in [2.75, 3.05) is 20.3 Å². The van der Waals surface area contributed by atoms with Crippen LogP contribution in [0.3, 0.4) is 0 Å². The number of carbonyl (C=O) groups is 3. The van der Waals surface area contributed by atoms with E-state index in [9.17, 15) is 22.8 Å². The van der Waals surface area contributed by atoms with Gasteiger partial charge in [0.2, 0.25) is 0 Å². The van der Waals surface area contributed by atoms with Crippen LogP contribution in [0.5, 0.6) is 0 Å². The maximum atomic E-state index is 12.4. The first-order valence-electron chi connectivity index (χ1n) is 7.88. The van der Waals surface area contributed by atoms with Gasteiger partial charge in [0.1, 0.15) is 5.69 Å². The molecule has 0 unspecified atom stereocenters. The molecule has 0 saturated heterocycles. The van der Waals surface area contributed by atoms with E-state index in [0.29, 0.717) is 6.61 Å². The van der Waals surface area contributed by atoms with Gasteiger partial charge in [-0.25, -0.2) is 22.9 Å². The van der Waals surface area contributed by atoms with Crippen LogP contribution in [0.15, 0.2) is 47.5 Å². The topological polar surface area (TPSA) is 152 Å². The molecular weight excluding hydrogens is 390 g/mol. The number of ether oxygens (including phenoxy) is 1. The van der Waals surface area contributed by atoms with Gasteiger partial charge < -0.3 is 15.2 Å². The standard InChI is InChI=1S/C17H17N3O7S/c1-27-8-7-18-15(21)11-3-2-4-13(9-11)28(25,26)20-16(22)12-5-6-14(17(23)24)19-10-12/h2-6,9-10H,7-8H2,1H3,(H,18,21)(H,20,22)(H,23,24). The normalized spacial score (nSPS) is 10.9. The fourth-order valence-electron chi connectivity index (χ4n) is 2.07. The van der Waals surface area contributed by atoms with Gasteiger partial charge in [0.15, 0.2) is 0 Å². The predicted molar refractivity (Wildman–Crippen MR) is 96.5 cm³/mol. The number of hydrogen-bond acceptors (Lipinski definition) is 7. The largest absolute Gasteiger partial charge is 0.477 e. The molecule has 0 fully saturated rings. The minimum absolute atomic E-state index is 0.0962. The minimum atomic E-state index is -4.26. The number of aromatic carboxylic acids is 1. The number of rotatable bonds is 8. The van der Waals surface area contributed by atoms with Crippen LogP contribution in [0.4, 0.5) is 0 Å². The van der Waals surface area contributed by atoms with E-state index in [-0.39, 0.29) is 28.3 Å². The van der Waals surface area contributed by atoms with E-state index in [1.54, 1.807) is 0 Å². The van der Waals surface area contributed by atoms with Crippen molar-refractivity contribution < 1.29 is 32.6 Å². The molecule has 10 nitrogen and oxygen atoms in total. The average Bonchev–Trinajstić information content (AvgIpc) is 2.68. The first-order valence-corrected chi connectivity index (χ1v) is 9.36. The zero-order chi connectivity index (χ0) is 20.7. The van der Waals surface area contributed by atoms with Crippen molar-refractivity contribution in [3.63, 3.8) is 0 Å². The molecule has 1 aromatic heterocycles. The van der Waals surface area contributed by atoms with Gasteiger partial charge in [-0.15, -0.1) is 0 Å². The van der Waals surface area contributed by atoms with Crippen molar-refractivity contribution in [2.24, 2.45) is 0 Å². The molecule has 0 bridgehead atoms. The van der Waals surface area contributed by atoms with Crippen molar-refractivity contribution in [3.05, 3.63) is 59.4 Å². The second-order valence-electron chi connectivity index (χ2n) is 5.45. The number of carbonyl (C=O) groups excluding carboxylic acids is 2. The van der Waals surface area contributed by atoms with Crippen molar-refractivity contribution >= 4 is 27.8 Å². The predicted octanol–water partition coefficient (Wildman–Crippen LogP) is 0.275. The van der Waals surface area contributed by atoms with Crippen LogP contribution >= 0.6 is 0 Å². The summed E-state index contributed by atoms with van der Waals surface area (Å²) in [5.74, 6) is -2.76. The summed E-state index contributed by atoms with van der Waals surface area (Å²) >= 11 is 0. The zero-order valence-corrected chi connectivity index (χ0v) is 15.5. The van der Waals surface area contributed by atoms with Crippen LogP contribution in [0.25, 0.3) is 0 Å². The first-order chi connectivity index (χ1) is 13.2. The van der Waals surface area contributed by atoms with E-state index in [2.05, 4.69) is 10.3 Å². The monoisotopic (exact) mass is 407 g/mol. The van der Waals surface area contributed by atoms with Crippen molar-refractivity contribution in [1.29, 1.82) is 0 Å². The fourth-order valence-corrected chi connectivity index (χ4v) is 3.09. The molecule has 0 saturated carbocycles. The number of benzene rings is 1. The third-order valence-corrected chi connectivity index (χ3v) is 4.80. The molecule has 0 radical (unpaired) electrons. The molecule has 0 atom stereocenters. The molecule has 148 valence electrons. The molecule has 2 rings (SSSR count). The van der Waals surface area contributed by atoms with Crippen LogP contribution < -0.4 is 10.0 Å². The van der Waals surface area contributed by atoms with Gasteiger partial charge in [-0.3, -0.25) is 9.59 Å². The first kappa shape index (κ1) is 21.0. The van der Waals surface area contributed by atoms with Gasteiger partial charge in [-0.1, -0.05) is 6.07 Å². The lowest BCUT2D eigenvalue weighted by atomic mass is 10.2. The third kappa shape index (κ3) is 5.34. The third-order valence-electron chi connectivity index (χ3n) is 3.47. The Hall–Kier alpha value is -3.31. The molecule has 1 heterocycles. The van der Waals surface area contributed by atoms with Gasteiger partial charge >= 0.3 is 5.97 Å². The fraction of sp³-hybridized carbons (Fsp3) is 0.176. The number of nitrogens with zero attached hydrogens (tertiary/aromatic N) is 1. The van der Waals surface area contributed by atoms with Crippen molar-refractivity contribution in [2.45, 2.75) is 4.90 Å². The van der Waals surface area contributed by atoms with Crippen LogP contribution in [-0.4, -0.2) is 56.6 Å². The van der Waals surface area contributed by atoms with E-state index in [1.165, 1.54) is 25.3 Å². The summed E-state index contributed by atoms with van der Waals surface area (Å²) in [5, 5.41) is 11.3. The number of hydrogen-bond donors (Lipinski definition) is 3. The van der Waals surface area contributed by atoms with E-state index in [0.717, 1.165) is 24.4 Å². The maximum absolute atomic E-state index is 12.4. The maximum Gasteiger partial charge on any atom is 0.354 e. The molecule has 3 N–H and O–H groups in total. The Bertz CT molecular complexity index is 988. The lowest BCUT2D eigenvalue weighted by molar-refractivity contribution is 0.0689. The SMILES string of the molecule is COCCNC(=O)c1cccc(S(=O)(=O)NC(=O)c2ccc(C(=O)O)nc2)c1. The second-order valence-corrected chi connectivity index (χ2v) is 7.13. The summed E-state index contributed by atoms with van der Waals surface area (Å²) in [5.41, 5.74) is -0.326. The van der Waals surface area contributed by atoms with Gasteiger partial charge in [0.25, 0.3) is 21.8 Å². The molecule has 0 aliphatic rings. The Kier molecular flexibility index (Phi) is 6.79. The number of carboxylic acid groups (broad SMARTS) is 1. The second kappa shape index (κ2) is 9.06. The average molecular weight is 407 g/mol. The van der Waals surface area contributed by atoms with E-state index in [4.69, 9.17) is 9.84 Å². The Morgan fingerprint density at radius 1 is 1.11 bits per heavy atom. The summed E-state index contributed by atoms with van der Waals surface area (Å²) in [6.07, 6.45) is 0.952. The number of sulfonamides is 1. The van der Waals surface area contributed by atoms with Gasteiger partial charge in [-0.2, -0.15) is 0 Å². The lowest BCUT2D eigenvalue weighted by Gasteiger charge is -2.09. The van der Waals surface area contributed by atoms with Crippen molar-refractivity contribution in [3.8, 4) is 0 Å². The molecular formula is C17H17N3O7S. The van der Waals surface area contributed by atoms with E-state index < -0.39 is 27.8 Å². The Morgan fingerprint density at radius 3 is 2.46 bits per heavy atom. The molecule has 28 heavy (non-hydrogen) atoms. The van der Waals surface area contributed by atoms with E-state index >= 15 is 0 Å². The number of pyridine rings is 1. The highest BCUT2D eigenvalue weighted by Crippen LogP contribution is 2.12. The number of aromatic nitrogens is 1. The lowest BCUT2D eigenvalue weighted by Crippen LogP contribution is -2.31. The van der Waals surface area contributed by atoms with Crippen LogP contribution in [0, 0.1) is 0 Å². The summed E-state index contributed by atoms with van der Waals surface area (Å²) < 4.78 is 31.5. The van der Waals surface area contributed by atoms with Gasteiger partial charge in [-0.05, 0) is 30.3 Å². The van der Waals surface area contributed by atoms with E-state index in [1.807, 2.05) is 4.72 Å². The van der Waals surface area contributed by atoms with Crippen LogP contribution in [0.2, 0.25) is 0 Å². The van der Waals surface area contributed by atoms with Crippen LogP contribution in [0.1, 0.15) is 31.2 Å². The molecule has 0 aliphatic carbocycles. The molecule has 0 spiro atoms. The van der Waals surface area contributed by atoms with Gasteiger partial charge in [0, 0.05) is 25.4 Å². The smallest absolute Gasteiger partial charge is 0.354 e. The molecule has 2 aromatic rings. The molecule has 1 aromatic carbocycles. The Balaban J connectivity index is 2.15. The quantitative estimate of drug-likeness (QED) is 0.528. The highest BCUT2D eigenvalue weighted by molar-refractivity contribution is 7.90. The highest BCUT2D eigenvalue weighted by atomic mass is 32.2. The van der Waals surface area contributed by atoms with Crippen molar-refractivity contribution in [1.82, 2.24) is 15.0 Å². The Morgan fingerprint density at radius 2 is 1.86 bits per heavy atom. The highest BCUT2D eigenvalue weighted by Gasteiger charge is 2.20. The number of amides is 2. The van der Waals surface area contributed by atoms with Gasteiger partial charge in [0.05, 0.1) is 17.1 Å².